The maximum Gasteiger partial charge on any atom is 0.337 e. The van der Waals surface area contributed by atoms with Gasteiger partial charge < -0.3 is 4.74 Å². The van der Waals surface area contributed by atoms with Gasteiger partial charge in [-0.05, 0) is 30.1 Å². The fraction of sp³-hybridized carbons (Fsp3) is 0.250. The molecule has 0 aliphatic heterocycles. The van der Waals surface area contributed by atoms with Crippen molar-refractivity contribution in [1.29, 1.82) is 0 Å². The first-order chi connectivity index (χ1) is 6.81. The predicted molar refractivity (Wildman–Crippen MR) is 54.6 cm³/mol. The van der Waals surface area contributed by atoms with Crippen LogP contribution in [0.15, 0.2) is 47.1 Å². The first kappa shape index (κ1) is 9.00. The van der Waals surface area contributed by atoms with Crippen LogP contribution in [0.4, 0.5) is 0 Å². The van der Waals surface area contributed by atoms with Crippen LogP contribution in [0.5, 0.6) is 0 Å². The molecule has 2 aliphatic rings. The van der Waals surface area contributed by atoms with E-state index >= 15 is 0 Å². The van der Waals surface area contributed by atoms with E-state index in [9.17, 15) is 4.79 Å². The van der Waals surface area contributed by atoms with Crippen LogP contribution in [0.25, 0.3) is 0 Å². The van der Waals surface area contributed by atoms with Gasteiger partial charge in [-0.3, -0.25) is 0 Å². The van der Waals surface area contributed by atoms with Gasteiger partial charge in [-0.1, -0.05) is 24.3 Å². The van der Waals surface area contributed by atoms with E-state index in [0.717, 1.165) is 12.8 Å². The van der Waals surface area contributed by atoms with E-state index in [-0.39, 0.29) is 5.97 Å². The molecule has 0 bridgehead atoms. The van der Waals surface area contributed by atoms with Crippen molar-refractivity contribution in [3.8, 4) is 0 Å². The second-order valence-corrected chi connectivity index (χ2v) is 3.35. The van der Waals surface area contributed by atoms with Crippen LogP contribution in [0.1, 0.15) is 12.8 Å². The molecule has 0 amide bonds. The summed E-state index contributed by atoms with van der Waals surface area (Å²) in [5.74, 6) is -0.244. The zero-order chi connectivity index (χ0) is 9.97. The van der Waals surface area contributed by atoms with Gasteiger partial charge in [0.1, 0.15) is 0 Å². The third-order valence-electron chi connectivity index (χ3n) is 2.48. The van der Waals surface area contributed by atoms with Gasteiger partial charge in [-0.15, -0.1) is 0 Å². The number of carbonyl (C=O) groups is 1. The van der Waals surface area contributed by atoms with Crippen molar-refractivity contribution in [2.24, 2.45) is 0 Å². The lowest BCUT2D eigenvalue weighted by Crippen LogP contribution is -2.08. The Hall–Kier alpha value is -1.57. The van der Waals surface area contributed by atoms with Crippen molar-refractivity contribution in [3.05, 3.63) is 47.1 Å². The average Bonchev–Trinajstić information content (AvgIpc) is 2.27. The zero-order valence-corrected chi connectivity index (χ0v) is 8.12. The first-order valence-corrected chi connectivity index (χ1v) is 4.66. The molecule has 0 saturated carbocycles. The van der Waals surface area contributed by atoms with E-state index in [1.54, 1.807) is 0 Å². The van der Waals surface area contributed by atoms with Gasteiger partial charge in [-0.2, -0.15) is 0 Å². The summed E-state index contributed by atoms with van der Waals surface area (Å²) in [6.07, 6.45) is 11.8. The van der Waals surface area contributed by atoms with E-state index in [1.807, 2.05) is 12.2 Å². The van der Waals surface area contributed by atoms with Gasteiger partial charge in [-0.25, -0.2) is 4.79 Å². The monoisotopic (exact) mass is 188 g/mol. The summed E-state index contributed by atoms with van der Waals surface area (Å²) in [4.78, 5) is 11.3. The number of methoxy groups -OCH3 is 1. The summed E-state index contributed by atoms with van der Waals surface area (Å²) in [6, 6.07) is 0. The molecule has 0 saturated heterocycles. The van der Waals surface area contributed by atoms with Gasteiger partial charge in [0, 0.05) is 0 Å². The molecule has 2 aliphatic carbocycles. The third kappa shape index (κ3) is 1.55. The Morgan fingerprint density at radius 3 is 3.00 bits per heavy atom. The largest absolute Gasteiger partial charge is 0.465 e. The Bertz CT molecular complexity index is 381. The van der Waals surface area contributed by atoms with Crippen LogP contribution in [0.2, 0.25) is 0 Å². The summed E-state index contributed by atoms with van der Waals surface area (Å²) in [7, 11) is 1.41. The summed E-state index contributed by atoms with van der Waals surface area (Å²) >= 11 is 0. The van der Waals surface area contributed by atoms with E-state index in [1.165, 1.54) is 18.3 Å². The van der Waals surface area contributed by atoms with Crippen molar-refractivity contribution < 1.29 is 9.53 Å². The highest BCUT2D eigenvalue weighted by atomic mass is 16.5. The molecule has 0 aromatic heterocycles. The van der Waals surface area contributed by atoms with E-state index in [4.69, 9.17) is 0 Å². The van der Waals surface area contributed by atoms with Crippen LogP contribution in [-0.4, -0.2) is 13.1 Å². The third-order valence-corrected chi connectivity index (χ3v) is 2.48. The molecule has 2 rings (SSSR count). The minimum absolute atomic E-state index is 0.244. The van der Waals surface area contributed by atoms with Crippen LogP contribution >= 0.6 is 0 Å². The topological polar surface area (TPSA) is 26.3 Å². The van der Waals surface area contributed by atoms with Crippen LogP contribution < -0.4 is 0 Å². The van der Waals surface area contributed by atoms with Crippen molar-refractivity contribution in [2.45, 2.75) is 12.8 Å². The van der Waals surface area contributed by atoms with Crippen LogP contribution in [-0.2, 0) is 9.53 Å². The average molecular weight is 188 g/mol. The van der Waals surface area contributed by atoms with Crippen molar-refractivity contribution in [2.75, 3.05) is 7.11 Å². The fourth-order valence-corrected chi connectivity index (χ4v) is 1.69. The molecule has 0 radical (unpaired) electrons. The van der Waals surface area contributed by atoms with Crippen molar-refractivity contribution >= 4 is 5.97 Å². The Labute approximate surface area is 83.3 Å². The SMILES string of the molecule is COC(=O)C1=CCC2=CC=CCC2=C1. The smallest absolute Gasteiger partial charge is 0.337 e. The molecule has 0 aromatic carbocycles. The minimum Gasteiger partial charge on any atom is -0.465 e. The standard InChI is InChI=1S/C12H12O2/c1-14-12(13)11-7-6-9-4-2-3-5-10(9)8-11/h2-4,7-8H,5-6H2,1H3. The summed E-state index contributed by atoms with van der Waals surface area (Å²) < 4.78 is 4.68. The lowest BCUT2D eigenvalue weighted by atomic mass is 9.89. The molecule has 2 heteroatoms. The predicted octanol–water partition coefficient (Wildman–Crippen LogP) is 2.30. The maximum atomic E-state index is 11.3. The Morgan fingerprint density at radius 1 is 1.36 bits per heavy atom. The molecule has 2 nitrogen and oxygen atoms in total. The maximum absolute atomic E-state index is 11.3. The normalized spacial score (nSPS) is 19.1. The van der Waals surface area contributed by atoms with Gasteiger partial charge in [0.05, 0.1) is 12.7 Å². The lowest BCUT2D eigenvalue weighted by Gasteiger charge is -2.17. The molecule has 72 valence electrons. The number of rotatable bonds is 1. The second kappa shape index (κ2) is 3.66. The minimum atomic E-state index is -0.244. The fourth-order valence-electron chi connectivity index (χ4n) is 1.69. The Balaban J connectivity index is 2.25. The number of carbonyl (C=O) groups excluding carboxylic acids is 1. The first-order valence-electron chi connectivity index (χ1n) is 4.66. The number of hydrogen-bond donors (Lipinski definition) is 0. The highest BCUT2D eigenvalue weighted by Gasteiger charge is 2.15. The van der Waals surface area contributed by atoms with Gasteiger partial charge in [0.15, 0.2) is 0 Å². The Morgan fingerprint density at radius 2 is 2.21 bits per heavy atom. The van der Waals surface area contributed by atoms with E-state index in [0.29, 0.717) is 5.57 Å². The van der Waals surface area contributed by atoms with Crippen LogP contribution in [0.3, 0.4) is 0 Å². The van der Waals surface area contributed by atoms with Crippen molar-refractivity contribution in [1.82, 2.24) is 0 Å². The molecule has 0 unspecified atom stereocenters. The summed E-state index contributed by atoms with van der Waals surface area (Å²) in [5.41, 5.74) is 3.21. The molecule has 0 spiro atoms. The molecule has 0 heterocycles. The van der Waals surface area contributed by atoms with Gasteiger partial charge >= 0.3 is 5.97 Å². The lowest BCUT2D eigenvalue weighted by molar-refractivity contribution is -0.135. The van der Waals surface area contributed by atoms with Gasteiger partial charge in [0.25, 0.3) is 0 Å². The quantitative estimate of drug-likeness (QED) is 0.590. The highest BCUT2D eigenvalue weighted by molar-refractivity contribution is 5.92. The van der Waals surface area contributed by atoms with E-state index < -0.39 is 0 Å². The molecule has 0 N–H and O–H groups in total. The highest BCUT2D eigenvalue weighted by Crippen LogP contribution is 2.28. The van der Waals surface area contributed by atoms with Gasteiger partial charge in [0.2, 0.25) is 0 Å². The molecular weight excluding hydrogens is 176 g/mol. The zero-order valence-electron chi connectivity index (χ0n) is 8.12. The Kier molecular flexibility index (Phi) is 2.35. The van der Waals surface area contributed by atoms with E-state index in [2.05, 4.69) is 23.0 Å². The number of hydrogen-bond acceptors (Lipinski definition) is 2. The molecule has 14 heavy (non-hydrogen) atoms. The second-order valence-electron chi connectivity index (χ2n) is 3.35. The summed E-state index contributed by atoms with van der Waals surface area (Å²) in [6.45, 7) is 0. The number of esters is 1. The molecule has 0 atom stereocenters. The number of ether oxygens (including phenoxy) is 1. The van der Waals surface area contributed by atoms with Crippen LogP contribution in [0, 0.1) is 0 Å². The molecule has 0 aromatic rings. The summed E-state index contributed by atoms with van der Waals surface area (Å²) in [5, 5.41) is 0. The van der Waals surface area contributed by atoms with Crippen molar-refractivity contribution in [3.63, 3.8) is 0 Å². The molecule has 0 fully saturated rings. The number of fused-ring (bicyclic) bond motifs is 1. The molecular formula is C12H12O2. The number of allylic oxidation sites excluding steroid dienone is 6.